The number of hydrogen-bond donors (Lipinski definition) is 1. The second-order valence-corrected chi connectivity index (χ2v) is 4.05. The molecule has 0 fully saturated rings. The minimum atomic E-state index is -6.00. The Bertz CT molecular complexity index is 374. The van der Waals surface area contributed by atoms with Crippen molar-refractivity contribution in [2.75, 3.05) is 13.7 Å². The van der Waals surface area contributed by atoms with Crippen molar-refractivity contribution < 1.29 is 22.2 Å². The number of nitrogens with zero attached hydrogens (tertiary/aromatic N) is 1. The first-order valence-electron chi connectivity index (χ1n) is 5.50. The van der Waals surface area contributed by atoms with Crippen LogP contribution in [-0.2, 0) is 6.54 Å². The van der Waals surface area contributed by atoms with Gasteiger partial charge in [0.25, 0.3) is 0 Å². The summed E-state index contributed by atoms with van der Waals surface area (Å²) >= 11 is 0. The maximum Gasteiger partial charge on any atom is 0.673 e. The highest BCUT2D eigenvalue weighted by Gasteiger charge is 2.20. The van der Waals surface area contributed by atoms with Crippen molar-refractivity contribution in [3.05, 3.63) is 48.3 Å². The molecule has 1 heterocycles. The highest BCUT2D eigenvalue weighted by molar-refractivity contribution is 6.50. The zero-order valence-corrected chi connectivity index (χ0v) is 9.99. The Labute approximate surface area is 104 Å². The summed E-state index contributed by atoms with van der Waals surface area (Å²) in [5.74, 6) is 0. The fourth-order valence-corrected chi connectivity index (χ4v) is 1.58. The highest BCUT2D eigenvalue weighted by Crippen LogP contribution is 2.06. The second-order valence-electron chi connectivity index (χ2n) is 4.05. The molecule has 2 nitrogen and oxygen atoms in total. The smallest absolute Gasteiger partial charge is 0.418 e. The average molecular weight is 262 g/mol. The van der Waals surface area contributed by atoms with Crippen molar-refractivity contribution in [3.8, 4) is 0 Å². The molecular weight excluding hydrogens is 247 g/mol. The standard InChI is InChI=1S/C11H14N2.BF4/c1-12-7-8-13(10-12)9-11-5-3-2-4-6-11;2-1(3,4)5/h2-8H,9-10H2,1H3;/q;-1/p+1. The molecule has 0 amide bonds. The number of benzene rings is 1. The topological polar surface area (TPSA) is 7.68 Å². The van der Waals surface area contributed by atoms with E-state index in [1.807, 2.05) is 0 Å². The van der Waals surface area contributed by atoms with Gasteiger partial charge < -0.3 is 22.2 Å². The summed E-state index contributed by atoms with van der Waals surface area (Å²) < 4.78 is 39.0. The molecular formula is C11H15BF4N2. The van der Waals surface area contributed by atoms with Crippen molar-refractivity contribution in [2.24, 2.45) is 0 Å². The summed E-state index contributed by atoms with van der Waals surface area (Å²) in [4.78, 5) is 3.76. The van der Waals surface area contributed by atoms with Gasteiger partial charge in [-0.3, -0.25) is 4.90 Å². The predicted molar refractivity (Wildman–Crippen MR) is 63.1 cm³/mol. The fourth-order valence-electron chi connectivity index (χ4n) is 1.58. The van der Waals surface area contributed by atoms with E-state index >= 15 is 0 Å². The minimum absolute atomic E-state index is 1.02. The molecule has 1 unspecified atom stereocenters. The van der Waals surface area contributed by atoms with Crippen LogP contribution < -0.4 is 4.90 Å². The summed E-state index contributed by atoms with van der Waals surface area (Å²) in [6.07, 6.45) is 4.35. The predicted octanol–water partition coefficient (Wildman–Crippen LogP) is 1.75. The summed E-state index contributed by atoms with van der Waals surface area (Å²) in [7, 11) is -3.83. The maximum absolute atomic E-state index is 9.75. The normalized spacial score (nSPS) is 18.5. The largest absolute Gasteiger partial charge is 0.673 e. The number of hydrogen-bond acceptors (Lipinski definition) is 1. The number of nitrogens with one attached hydrogen (secondary N) is 1. The lowest BCUT2D eigenvalue weighted by molar-refractivity contribution is -0.827. The van der Waals surface area contributed by atoms with E-state index in [0.717, 1.165) is 13.2 Å². The first kappa shape index (κ1) is 14.6. The zero-order valence-electron chi connectivity index (χ0n) is 9.99. The molecule has 7 heteroatoms. The molecule has 1 N–H and O–H groups in total. The molecule has 0 aromatic heterocycles. The Morgan fingerprint density at radius 1 is 1.17 bits per heavy atom. The Kier molecular flexibility index (Phi) is 5.21. The lowest BCUT2D eigenvalue weighted by Crippen LogP contribution is -3.03. The van der Waals surface area contributed by atoms with Crippen LogP contribution in [0.25, 0.3) is 0 Å². The Morgan fingerprint density at radius 3 is 2.17 bits per heavy atom. The molecule has 2 rings (SSSR count). The molecule has 0 radical (unpaired) electrons. The van der Waals surface area contributed by atoms with E-state index in [2.05, 4.69) is 54.7 Å². The zero-order chi connectivity index (χ0) is 13.6. The van der Waals surface area contributed by atoms with Crippen LogP contribution in [0.5, 0.6) is 0 Å². The molecule has 0 saturated heterocycles. The van der Waals surface area contributed by atoms with Crippen LogP contribution in [0.1, 0.15) is 5.56 Å². The average Bonchev–Trinajstić information content (AvgIpc) is 2.63. The molecule has 0 saturated carbocycles. The molecule has 1 atom stereocenters. The van der Waals surface area contributed by atoms with Crippen LogP contribution in [0.4, 0.5) is 17.3 Å². The van der Waals surface area contributed by atoms with Crippen molar-refractivity contribution >= 4 is 7.25 Å². The van der Waals surface area contributed by atoms with E-state index in [1.165, 1.54) is 10.5 Å². The first-order valence-corrected chi connectivity index (χ1v) is 5.50. The molecule has 1 aromatic rings. The fraction of sp³-hybridized carbons (Fsp3) is 0.273. The van der Waals surface area contributed by atoms with E-state index < -0.39 is 7.25 Å². The van der Waals surface area contributed by atoms with Crippen LogP contribution >= 0.6 is 0 Å². The van der Waals surface area contributed by atoms with E-state index in [-0.39, 0.29) is 0 Å². The molecule has 1 aliphatic heterocycles. The van der Waals surface area contributed by atoms with E-state index in [1.54, 1.807) is 0 Å². The quantitative estimate of drug-likeness (QED) is 0.630. The summed E-state index contributed by atoms with van der Waals surface area (Å²) in [6, 6.07) is 10.6. The van der Waals surface area contributed by atoms with Crippen molar-refractivity contribution in [2.45, 2.75) is 6.54 Å². The van der Waals surface area contributed by atoms with Gasteiger partial charge in [-0.2, -0.15) is 0 Å². The van der Waals surface area contributed by atoms with E-state index in [4.69, 9.17) is 0 Å². The SMILES string of the molecule is C[NH+]1C=CN(Cc2ccccc2)C1.F[B-](F)(F)F. The second kappa shape index (κ2) is 6.44. The summed E-state index contributed by atoms with van der Waals surface area (Å²) in [5, 5.41) is 0. The molecule has 18 heavy (non-hydrogen) atoms. The van der Waals surface area contributed by atoms with Crippen LogP contribution in [0.2, 0.25) is 0 Å². The first-order chi connectivity index (χ1) is 8.34. The van der Waals surface area contributed by atoms with Gasteiger partial charge in [0.1, 0.15) is 6.20 Å². The third kappa shape index (κ3) is 6.95. The van der Waals surface area contributed by atoms with Gasteiger partial charge >= 0.3 is 7.25 Å². The van der Waals surface area contributed by atoms with Gasteiger partial charge in [-0.25, -0.2) is 0 Å². The molecule has 1 aromatic carbocycles. The molecule has 0 aliphatic carbocycles. The van der Waals surface area contributed by atoms with Gasteiger partial charge in [0.15, 0.2) is 6.67 Å². The molecule has 0 bridgehead atoms. The molecule has 100 valence electrons. The number of rotatable bonds is 2. The van der Waals surface area contributed by atoms with Gasteiger partial charge in [-0.1, -0.05) is 30.3 Å². The van der Waals surface area contributed by atoms with Gasteiger partial charge in [0, 0.05) is 6.54 Å². The Balaban J connectivity index is 0.000000280. The van der Waals surface area contributed by atoms with Crippen molar-refractivity contribution in [1.82, 2.24) is 4.90 Å². The van der Waals surface area contributed by atoms with Gasteiger partial charge in [-0.05, 0) is 5.56 Å². The summed E-state index contributed by atoms with van der Waals surface area (Å²) in [6.45, 7) is 2.10. The van der Waals surface area contributed by atoms with Crippen LogP contribution in [0.15, 0.2) is 42.7 Å². The molecule has 0 spiro atoms. The van der Waals surface area contributed by atoms with E-state index in [9.17, 15) is 17.3 Å². The highest BCUT2D eigenvalue weighted by atomic mass is 19.5. The van der Waals surface area contributed by atoms with Crippen molar-refractivity contribution in [3.63, 3.8) is 0 Å². The van der Waals surface area contributed by atoms with E-state index in [0.29, 0.717) is 0 Å². The maximum atomic E-state index is 9.75. The monoisotopic (exact) mass is 262 g/mol. The Hall–Kier alpha value is -1.50. The lowest BCUT2D eigenvalue weighted by atomic mass is 10.2. The van der Waals surface area contributed by atoms with Gasteiger partial charge in [0.05, 0.1) is 13.2 Å². The summed E-state index contributed by atoms with van der Waals surface area (Å²) in [5.41, 5.74) is 1.38. The van der Waals surface area contributed by atoms with Crippen LogP contribution in [0.3, 0.4) is 0 Å². The third-order valence-electron chi connectivity index (χ3n) is 2.25. The number of halogens is 4. The number of quaternary nitrogens is 1. The lowest BCUT2D eigenvalue weighted by Gasteiger charge is -2.14. The third-order valence-corrected chi connectivity index (χ3v) is 2.25. The van der Waals surface area contributed by atoms with Gasteiger partial charge in [0.2, 0.25) is 0 Å². The molecule has 1 aliphatic rings. The van der Waals surface area contributed by atoms with Crippen LogP contribution in [-0.4, -0.2) is 25.9 Å². The van der Waals surface area contributed by atoms with Crippen LogP contribution in [0, 0.1) is 0 Å². The minimum Gasteiger partial charge on any atom is -0.418 e. The Morgan fingerprint density at radius 2 is 1.72 bits per heavy atom. The van der Waals surface area contributed by atoms with Crippen molar-refractivity contribution in [1.29, 1.82) is 0 Å². The van der Waals surface area contributed by atoms with Gasteiger partial charge in [-0.15, -0.1) is 0 Å².